The summed E-state index contributed by atoms with van der Waals surface area (Å²) in [5.74, 6) is 1.45. The molecule has 0 radical (unpaired) electrons. The molecule has 0 aliphatic heterocycles. The lowest BCUT2D eigenvalue weighted by Crippen LogP contribution is -2.18. The Labute approximate surface area is 164 Å². The third kappa shape index (κ3) is 4.51. The molecule has 0 amide bonds. The van der Waals surface area contributed by atoms with Crippen molar-refractivity contribution >= 4 is 17.5 Å². The molecule has 0 aliphatic rings. The lowest BCUT2D eigenvalue weighted by Gasteiger charge is -2.24. The van der Waals surface area contributed by atoms with Gasteiger partial charge in [0.1, 0.15) is 5.82 Å². The number of rotatable bonds is 7. The third-order valence-corrected chi connectivity index (χ3v) is 4.37. The Bertz CT molecular complexity index is 991. The van der Waals surface area contributed by atoms with Gasteiger partial charge in [0.15, 0.2) is 0 Å². The Morgan fingerprint density at radius 2 is 1.43 bits per heavy atom. The predicted octanol–water partition coefficient (Wildman–Crippen LogP) is 4.82. The van der Waals surface area contributed by atoms with Crippen molar-refractivity contribution in [2.75, 3.05) is 10.2 Å². The highest BCUT2D eigenvalue weighted by Crippen LogP contribution is 2.26. The van der Waals surface area contributed by atoms with Crippen LogP contribution in [-0.2, 0) is 13.1 Å². The Kier molecular flexibility index (Phi) is 5.54. The maximum absolute atomic E-state index is 4.75. The normalized spacial score (nSPS) is 10.4. The van der Waals surface area contributed by atoms with Gasteiger partial charge in [0.25, 0.3) is 0 Å². The van der Waals surface area contributed by atoms with E-state index < -0.39 is 0 Å². The highest BCUT2D eigenvalue weighted by atomic mass is 15.2. The van der Waals surface area contributed by atoms with Gasteiger partial charge in [-0.3, -0.25) is 4.98 Å². The van der Waals surface area contributed by atoms with E-state index in [1.807, 2.05) is 42.5 Å². The summed E-state index contributed by atoms with van der Waals surface area (Å²) in [7, 11) is 0. The number of benzene rings is 2. The second-order valence-corrected chi connectivity index (χ2v) is 6.35. The van der Waals surface area contributed by atoms with Crippen LogP contribution in [0, 0.1) is 0 Å². The van der Waals surface area contributed by atoms with Crippen LogP contribution in [-0.4, -0.2) is 15.0 Å². The molecule has 2 heterocycles. The standard InChI is InChI=1S/C23H21N5/c1-3-7-20(8-4-1)18-28(21-9-5-2-6-10-21)22-13-16-25-23(27-22)26-17-19-11-14-24-15-12-19/h1-16H,17-18H2,(H,25,26,27). The summed E-state index contributed by atoms with van der Waals surface area (Å²) in [6, 6.07) is 26.6. The number of para-hydroxylation sites is 1. The summed E-state index contributed by atoms with van der Waals surface area (Å²) in [6.07, 6.45) is 5.36. The second kappa shape index (κ2) is 8.77. The summed E-state index contributed by atoms with van der Waals surface area (Å²) in [6.45, 7) is 1.38. The van der Waals surface area contributed by atoms with Gasteiger partial charge in [0, 0.05) is 37.4 Å². The molecule has 4 aromatic rings. The summed E-state index contributed by atoms with van der Waals surface area (Å²) in [5, 5.41) is 3.29. The lowest BCUT2D eigenvalue weighted by molar-refractivity contribution is 0.933. The van der Waals surface area contributed by atoms with E-state index in [4.69, 9.17) is 4.98 Å². The van der Waals surface area contributed by atoms with Crippen molar-refractivity contribution in [2.45, 2.75) is 13.1 Å². The first-order valence-corrected chi connectivity index (χ1v) is 9.21. The molecule has 1 N–H and O–H groups in total. The zero-order valence-electron chi connectivity index (χ0n) is 15.4. The molecule has 0 bridgehead atoms. The quantitative estimate of drug-likeness (QED) is 0.507. The monoisotopic (exact) mass is 367 g/mol. The van der Waals surface area contributed by atoms with Crippen LogP contribution in [0.25, 0.3) is 0 Å². The van der Waals surface area contributed by atoms with Gasteiger partial charge in [-0.15, -0.1) is 0 Å². The minimum atomic E-state index is 0.600. The van der Waals surface area contributed by atoms with Gasteiger partial charge in [0.05, 0.1) is 0 Å². The lowest BCUT2D eigenvalue weighted by atomic mass is 10.2. The van der Waals surface area contributed by atoms with Crippen molar-refractivity contribution in [3.8, 4) is 0 Å². The maximum atomic E-state index is 4.75. The van der Waals surface area contributed by atoms with Gasteiger partial charge in [-0.25, -0.2) is 4.98 Å². The molecule has 0 aliphatic carbocycles. The molecule has 0 spiro atoms. The maximum Gasteiger partial charge on any atom is 0.224 e. The molecule has 0 saturated carbocycles. The summed E-state index contributed by atoms with van der Waals surface area (Å²) in [4.78, 5) is 15.4. The fraction of sp³-hybridized carbons (Fsp3) is 0.0870. The Balaban J connectivity index is 1.59. The van der Waals surface area contributed by atoms with Crippen molar-refractivity contribution in [1.82, 2.24) is 15.0 Å². The van der Waals surface area contributed by atoms with Crippen molar-refractivity contribution in [3.63, 3.8) is 0 Å². The molecule has 0 fully saturated rings. The summed E-state index contributed by atoms with van der Waals surface area (Å²) >= 11 is 0. The van der Waals surface area contributed by atoms with Crippen molar-refractivity contribution < 1.29 is 0 Å². The topological polar surface area (TPSA) is 53.9 Å². The number of pyridine rings is 1. The van der Waals surface area contributed by atoms with Crippen LogP contribution in [0.5, 0.6) is 0 Å². The van der Waals surface area contributed by atoms with Gasteiger partial charge in [-0.2, -0.15) is 4.98 Å². The van der Waals surface area contributed by atoms with Crippen molar-refractivity contribution in [1.29, 1.82) is 0 Å². The smallest absolute Gasteiger partial charge is 0.224 e. The third-order valence-electron chi connectivity index (χ3n) is 4.37. The molecule has 2 aromatic heterocycles. The van der Waals surface area contributed by atoms with Gasteiger partial charge in [-0.1, -0.05) is 48.5 Å². The van der Waals surface area contributed by atoms with Crippen LogP contribution in [0.3, 0.4) is 0 Å². The van der Waals surface area contributed by atoms with Gasteiger partial charge in [-0.05, 0) is 41.5 Å². The van der Waals surface area contributed by atoms with E-state index in [-0.39, 0.29) is 0 Å². The molecule has 4 rings (SSSR count). The SMILES string of the molecule is c1ccc(CN(c2ccccc2)c2ccnc(NCc3ccncc3)n2)cc1. The first-order chi connectivity index (χ1) is 13.9. The van der Waals surface area contributed by atoms with E-state index in [9.17, 15) is 0 Å². The average molecular weight is 367 g/mol. The van der Waals surface area contributed by atoms with Crippen LogP contribution in [0.4, 0.5) is 17.5 Å². The summed E-state index contributed by atoms with van der Waals surface area (Å²) < 4.78 is 0. The van der Waals surface area contributed by atoms with E-state index in [0.717, 1.165) is 23.6 Å². The summed E-state index contributed by atoms with van der Waals surface area (Å²) in [5.41, 5.74) is 3.44. The molecule has 2 aromatic carbocycles. The fourth-order valence-corrected chi connectivity index (χ4v) is 2.94. The first kappa shape index (κ1) is 17.7. The fourth-order valence-electron chi connectivity index (χ4n) is 2.94. The number of nitrogens with zero attached hydrogens (tertiary/aromatic N) is 4. The number of hydrogen-bond acceptors (Lipinski definition) is 5. The average Bonchev–Trinajstić information content (AvgIpc) is 2.78. The molecule has 5 nitrogen and oxygen atoms in total. The van der Waals surface area contributed by atoms with Gasteiger partial charge < -0.3 is 10.2 Å². The predicted molar refractivity (Wildman–Crippen MR) is 112 cm³/mol. The highest BCUT2D eigenvalue weighted by Gasteiger charge is 2.12. The first-order valence-electron chi connectivity index (χ1n) is 9.21. The van der Waals surface area contributed by atoms with Crippen LogP contribution < -0.4 is 10.2 Å². The molecular formula is C23H21N5. The van der Waals surface area contributed by atoms with Gasteiger partial charge >= 0.3 is 0 Å². The zero-order valence-corrected chi connectivity index (χ0v) is 15.4. The molecule has 5 heteroatoms. The largest absolute Gasteiger partial charge is 0.350 e. The molecule has 0 atom stereocenters. The van der Waals surface area contributed by atoms with Crippen LogP contribution in [0.2, 0.25) is 0 Å². The Morgan fingerprint density at radius 1 is 0.714 bits per heavy atom. The van der Waals surface area contributed by atoms with E-state index in [1.54, 1.807) is 18.6 Å². The van der Waals surface area contributed by atoms with Crippen LogP contribution >= 0.6 is 0 Å². The van der Waals surface area contributed by atoms with E-state index in [0.29, 0.717) is 12.5 Å². The molecule has 28 heavy (non-hydrogen) atoms. The van der Waals surface area contributed by atoms with E-state index >= 15 is 0 Å². The number of nitrogens with one attached hydrogen (secondary N) is 1. The number of anilines is 3. The van der Waals surface area contributed by atoms with E-state index in [1.165, 1.54) is 5.56 Å². The van der Waals surface area contributed by atoms with Crippen molar-refractivity contribution in [2.24, 2.45) is 0 Å². The molecular weight excluding hydrogens is 346 g/mol. The van der Waals surface area contributed by atoms with E-state index in [2.05, 4.69) is 56.6 Å². The minimum absolute atomic E-state index is 0.600. The minimum Gasteiger partial charge on any atom is -0.350 e. The highest BCUT2D eigenvalue weighted by molar-refractivity contribution is 5.60. The Morgan fingerprint density at radius 3 is 2.18 bits per heavy atom. The number of aromatic nitrogens is 3. The second-order valence-electron chi connectivity index (χ2n) is 6.35. The number of hydrogen-bond donors (Lipinski definition) is 1. The molecule has 0 unspecified atom stereocenters. The van der Waals surface area contributed by atoms with Crippen LogP contribution in [0.1, 0.15) is 11.1 Å². The Hall–Kier alpha value is -3.73. The van der Waals surface area contributed by atoms with Gasteiger partial charge in [0.2, 0.25) is 5.95 Å². The van der Waals surface area contributed by atoms with Crippen molar-refractivity contribution in [3.05, 3.63) is 109 Å². The molecule has 138 valence electrons. The molecule has 0 saturated heterocycles. The van der Waals surface area contributed by atoms with Crippen LogP contribution in [0.15, 0.2) is 97.5 Å². The zero-order chi connectivity index (χ0) is 19.0.